The van der Waals surface area contributed by atoms with Crippen LogP contribution in [0, 0.1) is 13.8 Å². The van der Waals surface area contributed by atoms with Gasteiger partial charge in [0.25, 0.3) is 0 Å². The van der Waals surface area contributed by atoms with Gasteiger partial charge < -0.3 is 10.4 Å². The molecule has 17 heavy (non-hydrogen) atoms. The Kier molecular flexibility index (Phi) is 5.16. The highest BCUT2D eigenvalue weighted by molar-refractivity contribution is 5.68. The molecule has 94 valence electrons. The molecule has 0 amide bonds. The Labute approximate surface area is 103 Å². The summed E-state index contributed by atoms with van der Waals surface area (Å²) in [4.78, 5) is 10.9. The number of hydrogen-bond acceptors (Lipinski definition) is 2. The number of benzene rings is 1. The Bertz CT molecular complexity index is 388. The third-order valence-corrected chi connectivity index (χ3v) is 3.04. The molecule has 0 aliphatic carbocycles. The number of carbonyl (C=O) groups is 1. The summed E-state index contributed by atoms with van der Waals surface area (Å²) in [7, 11) is 0. The number of nitrogens with one attached hydrogen (secondary N) is 1. The maximum Gasteiger partial charge on any atom is 0.305 e. The third-order valence-electron chi connectivity index (χ3n) is 3.04. The number of carboxylic acids is 1. The molecule has 1 rings (SSSR count). The lowest BCUT2D eigenvalue weighted by Gasteiger charge is -2.20. The average molecular weight is 235 g/mol. The molecule has 0 spiro atoms. The fourth-order valence-electron chi connectivity index (χ4n) is 1.94. The van der Waals surface area contributed by atoms with Gasteiger partial charge in [-0.1, -0.05) is 25.1 Å². The van der Waals surface area contributed by atoms with E-state index in [9.17, 15) is 4.79 Å². The van der Waals surface area contributed by atoms with E-state index in [0.29, 0.717) is 0 Å². The summed E-state index contributed by atoms with van der Waals surface area (Å²) in [5.41, 5.74) is 3.49. The van der Waals surface area contributed by atoms with E-state index in [2.05, 4.69) is 25.2 Å². The largest absolute Gasteiger partial charge is 0.481 e. The first-order valence-electron chi connectivity index (χ1n) is 6.07. The summed E-state index contributed by atoms with van der Waals surface area (Å²) in [5.74, 6) is -0.764. The minimum Gasteiger partial charge on any atom is -0.481 e. The minimum absolute atomic E-state index is 0.0904. The van der Waals surface area contributed by atoms with Crippen LogP contribution in [-0.2, 0) is 4.79 Å². The van der Waals surface area contributed by atoms with Crippen LogP contribution in [0.4, 0.5) is 0 Å². The maximum absolute atomic E-state index is 10.9. The zero-order valence-electron chi connectivity index (χ0n) is 10.8. The number of hydrogen-bond donors (Lipinski definition) is 2. The van der Waals surface area contributed by atoms with Gasteiger partial charge in [0.2, 0.25) is 0 Å². The van der Waals surface area contributed by atoms with E-state index in [1.807, 2.05) is 19.1 Å². The van der Waals surface area contributed by atoms with E-state index in [4.69, 9.17) is 5.11 Å². The van der Waals surface area contributed by atoms with Crippen LogP contribution >= 0.6 is 0 Å². The fourth-order valence-corrected chi connectivity index (χ4v) is 1.94. The minimum atomic E-state index is -0.764. The molecule has 0 aliphatic rings. The molecule has 1 atom stereocenters. The Morgan fingerprint density at radius 1 is 1.41 bits per heavy atom. The quantitative estimate of drug-likeness (QED) is 0.797. The summed E-state index contributed by atoms with van der Waals surface area (Å²) in [6.07, 6.45) is 1.13. The van der Waals surface area contributed by atoms with Gasteiger partial charge in [-0.25, -0.2) is 0 Å². The topological polar surface area (TPSA) is 49.3 Å². The van der Waals surface area contributed by atoms with Crippen molar-refractivity contribution in [2.75, 3.05) is 6.54 Å². The second-order valence-corrected chi connectivity index (χ2v) is 4.39. The third kappa shape index (κ3) is 3.86. The molecule has 1 aromatic carbocycles. The first-order chi connectivity index (χ1) is 8.06. The zero-order valence-corrected chi connectivity index (χ0v) is 10.8. The molecule has 0 saturated carbocycles. The van der Waals surface area contributed by atoms with Gasteiger partial charge in [0.15, 0.2) is 0 Å². The molecule has 3 heteroatoms. The average Bonchev–Trinajstić information content (AvgIpc) is 2.28. The van der Waals surface area contributed by atoms with Gasteiger partial charge in [-0.2, -0.15) is 0 Å². The lowest BCUT2D eigenvalue weighted by Crippen LogP contribution is -2.25. The highest BCUT2D eigenvalue weighted by atomic mass is 16.4. The van der Waals surface area contributed by atoms with Crippen molar-refractivity contribution >= 4 is 5.97 Å². The molecule has 0 aromatic heterocycles. The standard InChI is InChI=1S/C14H21NO2/c1-4-8-15-13(9-14(16)17)12-7-5-6-10(2)11(12)3/h5-7,13,15H,4,8-9H2,1-3H3,(H,16,17). The molecular formula is C14H21NO2. The highest BCUT2D eigenvalue weighted by Crippen LogP contribution is 2.23. The van der Waals surface area contributed by atoms with Crippen molar-refractivity contribution in [3.63, 3.8) is 0 Å². The van der Waals surface area contributed by atoms with Crippen LogP contribution < -0.4 is 5.32 Å². The van der Waals surface area contributed by atoms with E-state index in [1.165, 1.54) is 11.1 Å². The number of aliphatic carboxylic acids is 1. The smallest absolute Gasteiger partial charge is 0.305 e. The first kappa shape index (κ1) is 13.7. The molecule has 1 unspecified atom stereocenters. The Morgan fingerprint density at radius 2 is 2.12 bits per heavy atom. The highest BCUT2D eigenvalue weighted by Gasteiger charge is 2.16. The molecule has 0 saturated heterocycles. The molecule has 1 aromatic rings. The molecule has 0 radical (unpaired) electrons. The molecule has 0 heterocycles. The molecule has 0 bridgehead atoms. The van der Waals surface area contributed by atoms with Gasteiger partial charge in [-0.15, -0.1) is 0 Å². The van der Waals surface area contributed by atoms with Crippen LogP contribution in [0.15, 0.2) is 18.2 Å². The molecule has 0 fully saturated rings. The summed E-state index contributed by atoms with van der Waals surface area (Å²) in [6, 6.07) is 5.96. The second-order valence-electron chi connectivity index (χ2n) is 4.39. The SMILES string of the molecule is CCCNC(CC(=O)O)c1cccc(C)c1C. The number of aryl methyl sites for hydroxylation is 1. The van der Waals surface area contributed by atoms with Crippen molar-refractivity contribution in [2.45, 2.75) is 39.7 Å². The lowest BCUT2D eigenvalue weighted by molar-refractivity contribution is -0.137. The molecule has 2 N–H and O–H groups in total. The van der Waals surface area contributed by atoms with E-state index in [0.717, 1.165) is 18.5 Å². The van der Waals surface area contributed by atoms with Crippen LogP contribution in [0.3, 0.4) is 0 Å². The zero-order chi connectivity index (χ0) is 12.8. The first-order valence-corrected chi connectivity index (χ1v) is 6.07. The van der Waals surface area contributed by atoms with E-state index >= 15 is 0 Å². The van der Waals surface area contributed by atoms with Gasteiger partial charge in [0.1, 0.15) is 0 Å². The van der Waals surface area contributed by atoms with Crippen LogP contribution in [-0.4, -0.2) is 17.6 Å². The summed E-state index contributed by atoms with van der Waals surface area (Å²) < 4.78 is 0. The van der Waals surface area contributed by atoms with Gasteiger partial charge in [0, 0.05) is 6.04 Å². The van der Waals surface area contributed by atoms with Crippen LogP contribution in [0.25, 0.3) is 0 Å². The van der Waals surface area contributed by atoms with Crippen molar-refractivity contribution in [1.82, 2.24) is 5.32 Å². The fraction of sp³-hybridized carbons (Fsp3) is 0.500. The molecule has 0 aliphatic heterocycles. The van der Waals surface area contributed by atoms with Crippen molar-refractivity contribution in [2.24, 2.45) is 0 Å². The number of rotatable bonds is 6. The summed E-state index contributed by atoms with van der Waals surface area (Å²) in [5, 5.41) is 12.3. The van der Waals surface area contributed by atoms with Crippen LogP contribution in [0.2, 0.25) is 0 Å². The molecule has 3 nitrogen and oxygen atoms in total. The van der Waals surface area contributed by atoms with Gasteiger partial charge in [-0.05, 0) is 43.5 Å². The van der Waals surface area contributed by atoms with E-state index < -0.39 is 5.97 Å². The maximum atomic E-state index is 10.9. The Hall–Kier alpha value is -1.35. The normalized spacial score (nSPS) is 12.4. The van der Waals surface area contributed by atoms with Gasteiger partial charge in [-0.3, -0.25) is 4.79 Å². The van der Waals surface area contributed by atoms with Crippen molar-refractivity contribution in [3.05, 3.63) is 34.9 Å². The monoisotopic (exact) mass is 235 g/mol. The van der Waals surface area contributed by atoms with Gasteiger partial charge >= 0.3 is 5.97 Å². The van der Waals surface area contributed by atoms with E-state index in [-0.39, 0.29) is 12.5 Å². The summed E-state index contributed by atoms with van der Waals surface area (Å²) in [6.45, 7) is 7.02. The van der Waals surface area contributed by atoms with Crippen LogP contribution in [0.5, 0.6) is 0 Å². The van der Waals surface area contributed by atoms with Crippen LogP contribution in [0.1, 0.15) is 42.5 Å². The second kappa shape index (κ2) is 6.40. The van der Waals surface area contributed by atoms with Crippen molar-refractivity contribution < 1.29 is 9.90 Å². The number of carboxylic acid groups (broad SMARTS) is 1. The van der Waals surface area contributed by atoms with Gasteiger partial charge in [0.05, 0.1) is 6.42 Å². The Balaban J connectivity index is 2.94. The lowest BCUT2D eigenvalue weighted by atomic mass is 9.95. The van der Waals surface area contributed by atoms with E-state index in [1.54, 1.807) is 0 Å². The Morgan fingerprint density at radius 3 is 2.71 bits per heavy atom. The summed E-state index contributed by atoms with van der Waals surface area (Å²) >= 11 is 0. The van der Waals surface area contributed by atoms with Crippen molar-refractivity contribution in [1.29, 1.82) is 0 Å². The van der Waals surface area contributed by atoms with Crippen molar-refractivity contribution in [3.8, 4) is 0 Å². The predicted octanol–water partition coefficient (Wildman–Crippen LogP) is 2.82. The molecular weight excluding hydrogens is 214 g/mol. The predicted molar refractivity (Wildman–Crippen MR) is 69.2 cm³/mol.